The fourth-order valence-corrected chi connectivity index (χ4v) is 3.51. The maximum atomic E-state index is 10.8. The summed E-state index contributed by atoms with van der Waals surface area (Å²) in [5.41, 5.74) is 7.51. The van der Waals surface area contributed by atoms with Crippen molar-refractivity contribution in [1.82, 2.24) is 14.7 Å². The molecule has 0 atom stereocenters. The van der Waals surface area contributed by atoms with Crippen LogP contribution in [0, 0.1) is 20.8 Å². The summed E-state index contributed by atoms with van der Waals surface area (Å²) < 4.78 is 2.06. The number of hydrogen-bond donors (Lipinski definition) is 1. The van der Waals surface area contributed by atoms with Crippen LogP contribution < -0.4 is 0 Å². The molecule has 0 radical (unpaired) electrons. The number of carboxylic acids is 1. The van der Waals surface area contributed by atoms with Gasteiger partial charge in [-0.2, -0.15) is 5.10 Å². The van der Waals surface area contributed by atoms with E-state index in [-0.39, 0.29) is 6.42 Å². The van der Waals surface area contributed by atoms with Crippen LogP contribution in [0.25, 0.3) is 0 Å². The molecule has 0 spiro atoms. The highest BCUT2D eigenvalue weighted by Crippen LogP contribution is 2.21. The van der Waals surface area contributed by atoms with Crippen molar-refractivity contribution in [2.24, 2.45) is 0 Å². The van der Waals surface area contributed by atoms with Crippen LogP contribution in [0.4, 0.5) is 0 Å². The van der Waals surface area contributed by atoms with Crippen molar-refractivity contribution in [2.45, 2.75) is 59.7 Å². The van der Waals surface area contributed by atoms with E-state index in [0.29, 0.717) is 6.42 Å². The first-order chi connectivity index (χ1) is 11.9. The third-order valence-electron chi connectivity index (χ3n) is 5.09. The number of benzene rings is 1. The van der Waals surface area contributed by atoms with Gasteiger partial charge in [-0.05, 0) is 55.5 Å². The molecular weight excluding hydrogens is 314 g/mol. The van der Waals surface area contributed by atoms with Crippen molar-refractivity contribution in [3.05, 3.63) is 51.8 Å². The van der Waals surface area contributed by atoms with Crippen LogP contribution in [0.2, 0.25) is 0 Å². The summed E-state index contributed by atoms with van der Waals surface area (Å²) >= 11 is 0. The quantitative estimate of drug-likeness (QED) is 0.907. The third kappa shape index (κ3) is 4.28. The first kappa shape index (κ1) is 17.7. The first-order valence-corrected chi connectivity index (χ1v) is 8.99. The summed E-state index contributed by atoms with van der Waals surface area (Å²) in [6, 6.07) is 6.66. The van der Waals surface area contributed by atoms with Gasteiger partial charge in [-0.25, -0.2) is 0 Å². The zero-order valence-electron chi connectivity index (χ0n) is 15.4. The Morgan fingerprint density at radius 2 is 1.88 bits per heavy atom. The van der Waals surface area contributed by atoms with Gasteiger partial charge in [0.25, 0.3) is 0 Å². The van der Waals surface area contributed by atoms with Crippen LogP contribution in [0.1, 0.15) is 46.5 Å². The summed E-state index contributed by atoms with van der Waals surface area (Å²) in [5.74, 6) is -0.768. The van der Waals surface area contributed by atoms with Crippen LogP contribution >= 0.6 is 0 Å². The smallest absolute Gasteiger partial charge is 0.303 e. The van der Waals surface area contributed by atoms with E-state index in [4.69, 9.17) is 5.11 Å². The Balaban J connectivity index is 1.73. The van der Waals surface area contributed by atoms with Crippen LogP contribution in [0.3, 0.4) is 0 Å². The molecule has 1 aliphatic heterocycles. The molecule has 0 fully saturated rings. The van der Waals surface area contributed by atoms with Crippen molar-refractivity contribution in [3.8, 4) is 0 Å². The summed E-state index contributed by atoms with van der Waals surface area (Å²) in [4.78, 5) is 13.2. The fourth-order valence-electron chi connectivity index (χ4n) is 3.51. The number of carbonyl (C=O) groups is 1. The molecule has 1 N–H and O–H groups in total. The van der Waals surface area contributed by atoms with Gasteiger partial charge in [0.05, 0.1) is 17.8 Å². The molecule has 0 bridgehead atoms. The molecule has 2 heterocycles. The Morgan fingerprint density at radius 3 is 2.64 bits per heavy atom. The van der Waals surface area contributed by atoms with Gasteiger partial charge >= 0.3 is 5.97 Å². The standard InChI is InChI=1S/C20H27N3O2/c1-14-9-16(3)17(10-15(14)2)12-22-7-4-8-23-19(13-22)11-18(21-23)5-6-20(24)25/h9-11H,4-8,12-13H2,1-3H3,(H,24,25). The van der Waals surface area contributed by atoms with E-state index in [2.05, 4.69) is 53.7 Å². The number of fused-ring (bicyclic) bond motifs is 1. The molecule has 5 heteroatoms. The lowest BCUT2D eigenvalue weighted by Crippen LogP contribution is -2.23. The van der Waals surface area contributed by atoms with E-state index in [9.17, 15) is 4.79 Å². The lowest BCUT2D eigenvalue weighted by Gasteiger charge is -2.21. The molecule has 0 saturated heterocycles. The number of aryl methyl sites for hydroxylation is 5. The highest BCUT2D eigenvalue weighted by atomic mass is 16.4. The molecule has 0 saturated carbocycles. The second kappa shape index (κ2) is 7.40. The van der Waals surface area contributed by atoms with Crippen LogP contribution in [0.5, 0.6) is 0 Å². The van der Waals surface area contributed by atoms with Crippen molar-refractivity contribution in [2.75, 3.05) is 6.54 Å². The minimum absolute atomic E-state index is 0.141. The van der Waals surface area contributed by atoms with Gasteiger partial charge in [0, 0.05) is 32.6 Å². The molecule has 1 aliphatic rings. The molecule has 0 aliphatic carbocycles. The van der Waals surface area contributed by atoms with Crippen molar-refractivity contribution in [1.29, 1.82) is 0 Å². The summed E-state index contributed by atoms with van der Waals surface area (Å²) in [6.07, 6.45) is 1.71. The van der Waals surface area contributed by atoms with Gasteiger partial charge in [0.1, 0.15) is 0 Å². The number of aliphatic carboxylic acids is 1. The number of carboxylic acid groups (broad SMARTS) is 1. The van der Waals surface area contributed by atoms with Crippen molar-refractivity contribution in [3.63, 3.8) is 0 Å². The largest absolute Gasteiger partial charge is 0.481 e. The maximum absolute atomic E-state index is 10.8. The Hall–Kier alpha value is -2.14. The topological polar surface area (TPSA) is 58.4 Å². The van der Waals surface area contributed by atoms with Gasteiger partial charge in [0.2, 0.25) is 0 Å². The van der Waals surface area contributed by atoms with Crippen molar-refractivity contribution >= 4 is 5.97 Å². The number of aromatic nitrogens is 2. The molecule has 2 aromatic rings. The second-order valence-electron chi connectivity index (χ2n) is 7.17. The highest BCUT2D eigenvalue weighted by molar-refractivity contribution is 5.66. The average molecular weight is 341 g/mol. The molecule has 0 amide bonds. The zero-order chi connectivity index (χ0) is 18.0. The normalized spacial score (nSPS) is 15.0. The Kier molecular flexibility index (Phi) is 5.23. The number of nitrogens with zero attached hydrogens (tertiary/aromatic N) is 3. The molecule has 5 nitrogen and oxygen atoms in total. The maximum Gasteiger partial charge on any atom is 0.303 e. The van der Waals surface area contributed by atoms with E-state index in [0.717, 1.165) is 38.3 Å². The van der Waals surface area contributed by atoms with Gasteiger partial charge in [0.15, 0.2) is 0 Å². The van der Waals surface area contributed by atoms with E-state index in [1.807, 2.05) is 0 Å². The SMILES string of the molecule is Cc1cc(C)c(CN2CCCn3nc(CCC(=O)O)cc3C2)cc1C. The minimum atomic E-state index is -0.768. The van der Waals surface area contributed by atoms with E-state index >= 15 is 0 Å². The molecule has 1 aromatic carbocycles. The molecule has 25 heavy (non-hydrogen) atoms. The van der Waals surface area contributed by atoms with Gasteiger partial charge in [-0.15, -0.1) is 0 Å². The van der Waals surface area contributed by atoms with Gasteiger partial charge in [-0.1, -0.05) is 12.1 Å². The monoisotopic (exact) mass is 341 g/mol. The third-order valence-corrected chi connectivity index (χ3v) is 5.09. The average Bonchev–Trinajstić information content (AvgIpc) is 2.83. The lowest BCUT2D eigenvalue weighted by atomic mass is 10.0. The Morgan fingerprint density at radius 1 is 1.12 bits per heavy atom. The van der Waals surface area contributed by atoms with Crippen LogP contribution in [-0.4, -0.2) is 32.3 Å². The summed E-state index contributed by atoms with van der Waals surface area (Å²) in [5, 5.41) is 13.4. The predicted octanol–water partition coefficient (Wildman–Crippen LogP) is 3.23. The number of rotatable bonds is 5. The predicted molar refractivity (Wildman–Crippen MR) is 97.6 cm³/mol. The Bertz CT molecular complexity index is 779. The molecule has 134 valence electrons. The Labute approximate surface area is 149 Å². The van der Waals surface area contributed by atoms with Gasteiger partial charge in [-0.3, -0.25) is 14.4 Å². The van der Waals surface area contributed by atoms with Crippen molar-refractivity contribution < 1.29 is 9.90 Å². The molecule has 0 unspecified atom stereocenters. The second-order valence-corrected chi connectivity index (χ2v) is 7.17. The highest BCUT2D eigenvalue weighted by Gasteiger charge is 2.18. The zero-order valence-corrected chi connectivity index (χ0v) is 15.4. The van der Waals surface area contributed by atoms with Gasteiger partial charge < -0.3 is 5.11 Å². The van der Waals surface area contributed by atoms with Crippen LogP contribution in [-0.2, 0) is 30.8 Å². The summed E-state index contributed by atoms with van der Waals surface area (Å²) in [7, 11) is 0. The first-order valence-electron chi connectivity index (χ1n) is 8.99. The van der Waals surface area contributed by atoms with E-state index in [1.165, 1.54) is 27.9 Å². The number of hydrogen-bond acceptors (Lipinski definition) is 3. The fraction of sp³-hybridized carbons (Fsp3) is 0.500. The van der Waals surface area contributed by atoms with Crippen LogP contribution in [0.15, 0.2) is 18.2 Å². The summed E-state index contributed by atoms with van der Waals surface area (Å²) in [6.45, 7) is 10.3. The minimum Gasteiger partial charge on any atom is -0.481 e. The molecular formula is C20H27N3O2. The molecule has 3 rings (SSSR count). The van der Waals surface area contributed by atoms with E-state index in [1.54, 1.807) is 0 Å². The van der Waals surface area contributed by atoms with E-state index < -0.39 is 5.97 Å². The molecule has 1 aromatic heterocycles. The lowest BCUT2D eigenvalue weighted by molar-refractivity contribution is -0.136.